The van der Waals surface area contributed by atoms with Gasteiger partial charge in [0, 0.05) is 0 Å². The zero-order valence-corrected chi connectivity index (χ0v) is 15.1. The lowest BCUT2D eigenvalue weighted by Crippen LogP contribution is -2.29. The number of ether oxygens (including phenoxy) is 1. The second-order valence-electron chi connectivity index (χ2n) is 5.87. The lowest BCUT2D eigenvalue weighted by atomic mass is 10.1. The lowest BCUT2D eigenvalue weighted by Gasteiger charge is -2.11. The first-order valence-electron chi connectivity index (χ1n) is 8.23. The molecule has 0 fully saturated rings. The van der Waals surface area contributed by atoms with Crippen LogP contribution in [-0.2, 0) is 9.53 Å². The molecule has 1 aliphatic rings. The zero-order valence-electron chi connectivity index (χ0n) is 15.1. The van der Waals surface area contributed by atoms with Crippen molar-refractivity contribution in [1.82, 2.24) is 0 Å². The molecule has 0 radical (unpaired) electrons. The Hall–Kier alpha value is -3.88. The molecule has 0 aromatic heterocycles. The number of esters is 1. The molecule has 3 rings (SSSR count). The minimum absolute atomic E-state index is 0.0983. The average molecular weight is 380 g/mol. The van der Waals surface area contributed by atoms with Crippen molar-refractivity contribution in [3.05, 3.63) is 59.7 Å². The Bertz CT molecular complexity index is 1000. The predicted octanol–water partition coefficient (Wildman–Crippen LogP) is 3.05. The zero-order chi connectivity index (χ0) is 20.3. The van der Waals surface area contributed by atoms with Crippen LogP contribution in [0.3, 0.4) is 0 Å². The summed E-state index contributed by atoms with van der Waals surface area (Å²) in [5, 5.41) is 22.8. The summed E-state index contributed by atoms with van der Waals surface area (Å²) < 4.78 is 4.57. The molecule has 2 aromatic carbocycles. The standard InChI is InChI=1S/C19H16N4O5/c1-11-16(17(24)23(22-11)13-6-4-3-5-7-13)21-20-12-8-9-14(19(27)28-2)15(10-12)18(25)26/h3-10,16H,1-2H3,(H,25,26). The van der Waals surface area contributed by atoms with E-state index in [1.165, 1.54) is 23.2 Å². The number of carboxylic acid groups (broad SMARTS) is 1. The number of hydrogen-bond donors (Lipinski definition) is 1. The quantitative estimate of drug-likeness (QED) is 0.631. The fourth-order valence-electron chi connectivity index (χ4n) is 2.63. The highest BCUT2D eigenvalue weighted by molar-refractivity contribution is 6.18. The van der Waals surface area contributed by atoms with Gasteiger partial charge in [-0.05, 0) is 37.3 Å². The van der Waals surface area contributed by atoms with Gasteiger partial charge in [-0.3, -0.25) is 4.79 Å². The largest absolute Gasteiger partial charge is 0.478 e. The van der Waals surface area contributed by atoms with Crippen molar-refractivity contribution in [3.63, 3.8) is 0 Å². The van der Waals surface area contributed by atoms with Crippen LogP contribution in [-0.4, -0.2) is 41.8 Å². The van der Waals surface area contributed by atoms with Crippen LogP contribution in [0.2, 0.25) is 0 Å². The third-order valence-corrected chi connectivity index (χ3v) is 4.02. The number of para-hydroxylation sites is 1. The average Bonchev–Trinajstić information content (AvgIpc) is 2.99. The lowest BCUT2D eigenvalue weighted by molar-refractivity contribution is -0.117. The number of methoxy groups -OCH3 is 1. The number of rotatable bonds is 5. The molecule has 0 saturated heterocycles. The van der Waals surface area contributed by atoms with Gasteiger partial charge in [0.05, 0.1) is 35.3 Å². The molecule has 1 N–H and O–H groups in total. The first-order valence-corrected chi connectivity index (χ1v) is 8.23. The molecule has 142 valence electrons. The summed E-state index contributed by atoms with van der Waals surface area (Å²) in [7, 11) is 1.16. The SMILES string of the molecule is COC(=O)c1ccc(N=NC2C(=O)N(c3ccccc3)N=C2C)cc1C(=O)O. The normalized spacial score (nSPS) is 16.4. The van der Waals surface area contributed by atoms with E-state index in [0.717, 1.165) is 7.11 Å². The predicted molar refractivity (Wildman–Crippen MR) is 100 cm³/mol. The Morgan fingerprint density at radius 2 is 1.86 bits per heavy atom. The summed E-state index contributed by atoms with van der Waals surface area (Å²) in [5.74, 6) is -2.44. The molecule has 0 saturated carbocycles. The van der Waals surface area contributed by atoms with E-state index in [4.69, 9.17) is 0 Å². The van der Waals surface area contributed by atoms with E-state index in [0.29, 0.717) is 11.4 Å². The number of hydrogen-bond acceptors (Lipinski definition) is 7. The van der Waals surface area contributed by atoms with Crippen LogP contribution in [0, 0.1) is 0 Å². The van der Waals surface area contributed by atoms with Crippen LogP contribution >= 0.6 is 0 Å². The summed E-state index contributed by atoms with van der Waals surface area (Å²) in [6.07, 6.45) is 0. The van der Waals surface area contributed by atoms with E-state index in [-0.39, 0.29) is 22.7 Å². The van der Waals surface area contributed by atoms with Crippen LogP contribution in [0.25, 0.3) is 0 Å². The van der Waals surface area contributed by atoms with E-state index < -0.39 is 18.0 Å². The van der Waals surface area contributed by atoms with Gasteiger partial charge in [0.2, 0.25) is 0 Å². The van der Waals surface area contributed by atoms with Crippen molar-refractivity contribution in [1.29, 1.82) is 0 Å². The molecule has 1 atom stereocenters. The number of nitrogens with zero attached hydrogens (tertiary/aromatic N) is 4. The van der Waals surface area contributed by atoms with Gasteiger partial charge in [-0.2, -0.15) is 20.3 Å². The summed E-state index contributed by atoms with van der Waals surface area (Å²) in [6, 6.07) is 11.9. The van der Waals surface area contributed by atoms with Gasteiger partial charge in [-0.15, -0.1) is 0 Å². The van der Waals surface area contributed by atoms with Gasteiger partial charge in [-0.1, -0.05) is 18.2 Å². The minimum atomic E-state index is -1.30. The maximum absolute atomic E-state index is 12.6. The topological polar surface area (TPSA) is 121 Å². The number of carbonyl (C=O) groups is 3. The van der Waals surface area contributed by atoms with E-state index >= 15 is 0 Å². The van der Waals surface area contributed by atoms with Crippen molar-refractivity contribution >= 4 is 34.9 Å². The number of carboxylic acids is 1. The summed E-state index contributed by atoms with van der Waals surface area (Å²) in [4.78, 5) is 35.7. The fraction of sp³-hybridized carbons (Fsp3) is 0.158. The minimum Gasteiger partial charge on any atom is -0.478 e. The highest BCUT2D eigenvalue weighted by Gasteiger charge is 2.34. The Kier molecular flexibility index (Phi) is 5.25. The molecular weight excluding hydrogens is 364 g/mol. The van der Waals surface area contributed by atoms with Crippen LogP contribution in [0.5, 0.6) is 0 Å². The Morgan fingerprint density at radius 1 is 1.14 bits per heavy atom. The summed E-state index contributed by atoms with van der Waals surface area (Å²) >= 11 is 0. The molecule has 0 aliphatic carbocycles. The maximum atomic E-state index is 12.6. The molecule has 0 spiro atoms. The van der Waals surface area contributed by atoms with Crippen LogP contribution < -0.4 is 5.01 Å². The van der Waals surface area contributed by atoms with E-state index in [2.05, 4.69) is 20.1 Å². The second kappa shape index (κ2) is 7.78. The Morgan fingerprint density at radius 3 is 2.50 bits per heavy atom. The first-order chi connectivity index (χ1) is 13.4. The van der Waals surface area contributed by atoms with E-state index in [1.807, 2.05) is 6.07 Å². The number of benzene rings is 2. The molecule has 9 heteroatoms. The van der Waals surface area contributed by atoms with E-state index in [1.54, 1.807) is 31.2 Å². The highest BCUT2D eigenvalue weighted by Crippen LogP contribution is 2.24. The fourth-order valence-corrected chi connectivity index (χ4v) is 2.63. The van der Waals surface area contributed by atoms with Crippen molar-refractivity contribution in [2.24, 2.45) is 15.3 Å². The molecule has 0 bridgehead atoms. The smallest absolute Gasteiger partial charge is 0.338 e. The molecule has 1 amide bonds. The molecule has 1 aliphatic heterocycles. The van der Waals surface area contributed by atoms with Gasteiger partial charge in [0.15, 0.2) is 6.04 Å². The number of aromatic carboxylic acids is 1. The van der Waals surface area contributed by atoms with Gasteiger partial charge < -0.3 is 9.84 Å². The van der Waals surface area contributed by atoms with Crippen LogP contribution in [0.4, 0.5) is 11.4 Å². The first kappa shape index (κ1) is 18.9. The number of hydrazone groups is 1. The van der Waals surface area contributed by atoms with Crippen molar-refractivity contribution in [2.45, 2.75) is 13.0 Å². The molecule has 1 heterocycles. The molecule has 28 heavy (non-hydrogen) atoms. The molecule has 2 aromatic rings. The Labute approximate surface area is 160 Å². The van der Waals surface area contributed by atoms with Crippen molar-refractivity contribution in [2.75, 3.05) is 12.1 Å². The summed E-state index contributed by atoms with van der Waals surface area (Å²) in [5.41, 5.74) is 0.891. The summed E-state index contributed by atoms with van der Waals surface area (Å²) in [6.45, 7) is 1.66. The van der Waals surface area contributed by atoms with Gasteiger partial charge in [0.25, 0.3) is 5.91 Å². The van der Waals surface area contributed by atoms with Gasteiger partial charge in [-0.25, -0.2) is 9.59 Å². The second-order valence-corrected chi connectivity index (χ2v) is 5.87. The number of carbonyl (C=O) groups excluding carboxylic acids is 2. The van der Waals surface area contributed by atoms with Crippen molar-refractivity contribution in [3.8, 4) is 0 Å². The third-order valence-electron chi connectivity index (χ3n) is 4.02. The maximum Gasteiger partial charge on any atom is 0.338 e. The number of amides is 1. The molecule has 1 unspecified atom stereocenters. The van der Waals surface area contributed by atoms with E-state index in [9.17, 15) is 19.5 Å². The Balaban J connectivity index is 1.85. The van der Waals surface area contributed by atoms with Crippen molar-refractivity contribution < 1.29 is 24.2 Å². The van der Waals surface area contributed by atoms with Crippen LogP contribution in [0.1, 0.15) is 27.6 Å². The number of azo groups is 1. The van der Waals surface area contributed by atoms with Gasteiger partial charge >= 0.3 is 11.9 Å². The van der Waals surface area contributed by atoms with Gasteiger partial charge in [0.1, 0.15) is 0 Å². The highest BCUT2D eigenvalue weighted by atomic mass is 16.5. The van der Waals surface area contributed by atoms with Crippen LogP contribution in [0.15, 0.2) is 63.9 Å². The molecule has 9 nitrogen and oxygen atoms in total. The number of anilines is 1. The molecular formula is C19H16N4O5. The monoisotopic (exact) mass is 380 g/mol. The third kappa shape index (κ3) is 3.63.